The van der Waals surface area contributed by atoms with Crippen LogP contribution in [0.1, 0.15) is 42.3 Å². The van der Waals surface area contributed by atoms with E-state index in [2.05, 4.69) is 46.0 Å². The minimum absolute atomic E-state index is 0.165. The highest BCUT2D eigenvalue weighted by molar-refractivity contribution is 7.22. The Morgan fingerprint density at radius 1 is 1.33 bits per heavy atom. The number of aromatic amines is 1. The lowest BCUT2D eigenvalue weighted by atomic mass is 9.93. The number of nitrogens with one attached hydrogen (secondary N) is 2. The topological polar surface area (TPSA) is 44.9 Å². The molecule has 1 aromatic heterocycles. The minimum atomic E-state index is -0.249. The lowest BCUT2D eigenvalue weighted by Gasteiger charge is -2.17. The zero-order chi connectivity index (χ0) is 22.3. The molecule has 3 nitrogen and oxygen atoms in total. The van der Waals surface area contributed by atoms with Crippen LogP contribution in [-0.2, 0) is 4.79 Å². The largest absolute Gasteiger partial charge is 0.359 e. The Balaban J connectivity index is 2.53. The van der Waals surface area contributed by atoms with E-state index >= 15 is 0 Å². The predicted octanol–water partition coefficient (Wildman–Crippen LogP) is 6.42. The maximum absolute atomic E-state index is 14.6. The molecule has 0 bridgehead atoms. The standard InChI is InChI=1S/C25H30FN2OP/c1-16(13-24-19(4)18(3)20(5)28-24)25-21(10-6-7-12-23(25)27-15-29)14-22(26)11-8-9-17(2)30/h6-9,11-13,15,28H,2,10,14,30H2,1,3-5H3,(H,27,29)/b9-8-,16-13+,22-11+. The Bertz CT molecular complexity index is 1020. The molecule has 1 aromatic rings. The van der Waals surface area contributed by atoms with Crippen LogP contribution in [0.3, 0.4) is 0 Å². The maximum atomic E-state index is 14.6. The van der Waals surface area contributed by atoms with Gasteiger partial charge in [-0.15, -0.1) is 9.24 Å². The van der Waals surface area contributed by atoms with Gasteiger partial charge in [-0.1, -0.05) is 36.5 Å². The van der Waals surface area contributed by atoms with Gasteiger partial charge in [0.1, 0.15) is 5.83 Å². The zero-order valence-corrected chi connectivity index (χ0v) is 19.3. The normalized spacial score (nSPS) is 15.5. The predicted molar refractivity (Wildman–Crippen MR) is 129 cm³/mol. The first-order valence-corrected chi connectivity index (χ1v) is 10.4. The molecule has 158 valence electrons. The van der Waals surface area contributed by atoms with Crippen LogP contribution in [0.5, 0.6) is 0 Å². The molecule has 0 saturated carbocycles. The molecule has 30 heavy (non-hydrogen) atoms. The van der Waals surface area contributed by atoms with E-state index in [-0.39, 0.29) is 12.2 Å². The van der Waals surface area contributed by atoms with Crippen LogP contribution in [0, 0.1) is 20.8 Å². The Hall–Kier alpha value is -2.71. The summed E-state index contributed by atoms with van der Waals surface area (Å²) in [6.07, 6.45) is 14.0. The molecule has 0 aliphatic heterocycles. The van der Waals surface area contributed by atoms with E-state index in [1.165, 1.54) is 17.2 Å². The van der Waals surface area contributed by atoms with Gasteiger partial charge in [0.2, 0.25) is 6.41 Å². The van der Waals surface area contributed by atoms with Gasteiger partial charge in [0, 0.05) is 29.1 Å². The number of rotatable bonds is 8. The first-order valence-electron chi connectivity index (χ1n) is 9.85. The number of H-pyrrole nitrogens is 1. The summed E-state index contributed by atoms with van der Waals surface area (Å²) in [7, 11) is 2.47. The van der Waals surface area contributed by atoms with Gasteiger partial charge in [0.15, 0.2) is 0 Å². The summed E-state index contributed by atoms with van der Waals surface area (Å²) >= 11 is 0. The number of carbonyl (C=O) groups excluding carboxylic acids is 1. The molecule has 2 rings (SSSR count). The number of halogens is 1. The van der Waals surface area contributed by atoms with Crippen molar-refractivity contribution in [3.8, 4) is 0 Å². The molecule has 0 radical (unpaired) electrons. The number of carbonyl (C=O) groups is 1. The van der Waals surface area contributed by atoms with Crippen LogP contribution >= 0.6 is 9.24 Å². The highest BCUT2D eigenvalue weighted by atomic mass is 31.0. The number of hydrogen-bond donors (Lipinski definition) is 2. The Morgan fingerprint density at radius 2 is 2.07 bits per heavy atom. The molecular formula is C25H30FN2OP. The van der Waals surface area contributed by atoms with Crippen molar-refractivity contribution < 1.29 is 9.18 Å². The van der Waals surface area contributed by atoms with Crippen molar-refractivity contribution >= 4 is 21.7 Å². The van der Waals surface area contributed by atoms with E-state index in [9.17, 15) is 9.18 Å². The third-order valence-electron chi connectivity index (χ3n) is 5.18. The fraction of sp³-hybridized carbons (Fsp3) is 0.240. The number of amides is 1. The van der Waals surface area contributed by atoms with Crippen molar-refractivity contribution in [3.63, 3.8) is 0 Å². The van der Waals surface area contributed by atoms with E-state index in [1.54, 1.807) is 12.2 Å². The van der Waals surface area contributed by atoms with Gasteiger partial charge >= 0.3 is 0 Å². The first-order chi connectivity index (χ1) is 14.2. The Labute approximate surface area is 181 Å². The second kappa shape index (κ2) is 10.9. The van der Waals surface area contributed by atoms with E-state index in [1.807, 2.05) is 32.1 Å². The number of allylic oxidation sites excluding steroid dienone is 10. The van der Waals surface area contributed by atoms with Gasteiger partial charge in [0.05, 0.1) is 0 Å². The van der Waals surface area contributed by atoms with Gasteiger partial charge in [-0.05, 0) is 74.4 Å². The summed E-state index contributed by atoms with van der Waals surface area (Å²) in [4.78, 5) is 14.6. The van der Waals surface area contributed by atoms with Gasteiger partial charge < -0.3 is 10.3 Å². The van der Waals surface area contributed by atoms with Gasteiger partial charge in [0.25, 0.3) is 0 Å². The average molecular weight is 425 g/mol. The second-order valence-corrected chi connectivity index (χ2v) is 8.16. The van der Waals surface area contributed by atoms with Crippen molar-refractivity contribution in [1.29, 1.82) is 0 Å². The molecule has 1 atom stereocenters. The van der Waals surface area contributed by atoms with Crippen LogP contribution in [0.2, 0.25) is 0 Å². The van der Waals surface area contributed by atoms with E-state index in [0.29, 0.717) is 18.5 Å². The summed E-state index contributed by atoms with van der Waals surface area (Å²) in [6.45, 7) is 12.0. The van der Waals surface area contributed by atoms with Crippen LogP contribution in [0.15, 0.2) is 76.6 Å². The number of hydrogen-bond acceptors (Lipinski definition) is 1. The maximum Gasteiger partial charge on any atom is 0.211 e. The molecule has 0 fully saturated rings. The average Bonchev–Trinajstić information content (AvgIpc) is 2.83. The van der Waals surface area contributed by atoms with E-state index < -0.39 is 0 Å². The summed E-state index contributed by atoms with van der Waals surface area (Å²) in [6, 6.07) is 0. The molecular weight excluding hydrogens is 394 g/mol. The van der Waals surface area contributed by atoms with Gasteiger partial charge in [-0.2, -0.15) is 0 Å². The number of aromatic nitrogens is 1. The molecule has 0 saturated heterocycles. The number of aryl methyl sites for hydroxylation is 1. The van der Waals surface area contributed by atoms with Crippen molar-refractivity contribution in [2.75, 3.05) is 0 Å². The molecule has 1 unspecified atom stereocenters. The molecule has 1 aliphatic carbocycles. The van der Waals surface area contributed by atoms with E-state index in [4.69, 9.17) is 0 Å². The third-order valence-corrected chi connectivity index (χ3v) is 5.37. The summed E-state index contributed by atoms with van der Waals surface area (Å²) in [5, 5.41) is 3.56. The highest BCUT2D eigenvalue weighted by Gasteiger charge is 2.17. The minimum Gasteiger partial charge on any atom is -0.359 e. The third kappa shape index (κ3) is 6.14. The van der Waals surface area contributed by atoms with E-state index in [0.717, 1.165) is 33.4 Å². The fourth-order valence-electron chi connectivity index (χ4n) is 3.43. The molecule has 5 heteroatoms. The van der Waals surface area contributed by atoms with Crippen molar-refractivity contribution in [2.45, 2.75) is 40.5 Å². The van der Waals surface area contributed by atoms with Crippen LogP contribution < -0.4 is 5.32 Å². The molecule has 0 spiro atoms. The van der Waals surface area contributed by atoms with Gasteiger partial charge in [-0.3, -0.25) is 4.79 Å². The lowest BCUT2D eigenvalue weighted by Crippen LogP contribution is -2.14. The highest BCUT2D eigenvalue weighted by Crippen LogP contribution is 2.32. The molecule has 0 aromatic carbocycles. The van der Waals surface area contributed by atoms with Crippen LogP contribution in [0.4, 0.5) is 4.39 Å². The molecule has 1 heterocycles. The van der Waals surface area contributed by atoms with Crippen molar-refractivity contribution in [1.82, 2.24) is 10.3 Å². The zero-order valence-electron chi connectivity index (χ0n) is 18.1. The Kier molecular flexibility index (Phi) is 8.56. The lowest BCUT2D eigenvalue weighted by molar-refractivity contribution is -0.108. The molecule has 2 N–H and O–H groups in total. The summed E-state index contributed by atoms with van der Waals surface area (Å²) in [5.74, 6) is -0.249. The molecule has 1 amide bonds. The fourth-order valence-corrected chi connectivity index (χ4v) is 3.54. The summed E-state index contributed by atoms with van der Waals surface area (Å²) in [5.41, 5.74) is 7.95. The monoisotopic (exact) mass is 424 g/mol. The SMILES string of the molecule is C=C(P)/C=C\C=C(\F)CC1=C(/C(C)=C/c2[nH]c(C)c(C)c2C)C(NC=O)=CC=CC1. The smallest absolute Gasteiger partial charge is 0.211 e. The van der Waals surface area contributed by atoms with Crippen LogP contribution in [0.25, 0.3) is 6.08 Å². The van der Waals surface area contributed by atoms with Crippen LogP contribution in [-0.4, -0.2) is 11.4 Å². The first kappa shape index (κ1) is 23.6. The second-order valence-electron chi connectivity index (χ2n) is 7.42. The molecule has 1 aliphatic rings. The van der Waals surface area contributed by atoms with Crippen molar-refractivity contribution in [2.24, 2.45) is 0 Å². The Morgan fingerprint density at radius 3 is 2.67 bits per heavy atom. The summed E-state index contributed by atoms with van der Waals surface area (Å²) < 4.78 is 14.6. The van der Waals surface area contributed by atoms with Crippen molar-refractivity contribution in [3.05, 3.63) is 99.1 Å². The van der Waals surface area contributed by atoms with Gasteiger partial charge in [-0.25, -0.2) is 4.39 Å². The quantitative estimate of drug-likeness (QED) is 0.282.